The zero-order valence-electron chi connectivity index (χ0n) is 8.65. The van der Waals surface area contributed by atoms with Crippen LogP contribution in [0.1, 0.15) is 10.6 Å². The summed E-state index contributed by atoms with van der Waals surface area (Å²) in [4.78, 5) is 12.7. The lowest BCUT2D eigenvalue weighted by Gasteiger charge is -2.02. The van der Waals surface area contributed by atoms with Gasteiger partial charge in [0.25, 0.3) is 0 Å². The lowest BCUT2D eigenvalue weighted by atomic mass is 10.3. The van der Waals surface area contributed by atoms with Crippen molar-refractivity contribution in [1.82, 2.24) is 0 Å². The van der Waals surface area contributed by atoms with Crippen molar-refractivity contribution in [1.29, 1.82) is 0 Å². The first-order chi connectivity index (χ1) is 8.18. The fourth-order valence-electron chi connectivity index (χ4n) is 1.26. The van der Waals surface area contributed by atoms with Crippen LogP contribution in [0.25, 0.3) is 0 Å². The Kier molecular flexibility index (Phi) is 4.31. The minimum atomic E-state index is -0.0632. The van der Waals surface area contributed by atoms with E-state index in [-0.39, 0.29) is 5.78 Å². The Bertz CT molecular complexity index is 539. The quantitative estimate of drug-likeness (QED) is 0.602. The average molecular weight is 332 g/mol. The van der Waals surface area contributed by atoms with Crippen LogP contribution in [0.4, 0.5) is 0 Å². The lowest BCUT2D eigenvalue weighted by molar-refractivity contribution is 0.0991. The topological polar surface area (TPSA) is 30.2 Å². The van der Waals surface area contributed by atoms with Gasteiger partial charge in [-0.3, -0.25) is 4.79 Å². The highest BCUT2D eigenvalue weighted by atomic mass is 79.9. The van der Waals surface area contributed by atoms with E-state index in [2.05, 4.69) is 15.9 Å². The molecule has 0 N–H and O–H groups in total. The van der Waals surface area contributed by atoms with Gasteiger partial charge >= 0.3 is 0 Å². The molecule has 0 bridgehead atoms. The molecule has 0 atom stereocenters. The van der Waals surface area contributed by atoms with E-state index in [0.29, 0.717) is 21.0 Å². The van der Waals surface area contributed by atoms with Crippen LogP contribution in [-0.2, 0) is 0 Å². The molecular formula is C12H8BrClO2S. The molecule has 0 saturated carbocycles. The molecule has 0 saturated heterocycles. The Labute approximate surface area is 116 Å². The van der Waals surface area contributed by atoms with Crippen molar-refractivity contribution in [3.8, 4) is 0 Å². The average Bonchev–Trinajstić information content (AvgIpc) is 2.74. The van der Waals surface area contributed by atoms with Gasteiger partial charge in [-0.2, -0.15) is 0 Å². The number of ketones is 1. The van der Waals surface area contributed by atoms with Crippen molar-refractivity contribution in [2.24, 2.45) is 0 Å². The number of halogens is 2. The van der Waals surface area contributed by atoms with Gasteiger partial charge in [0.05, 0.1) is 21.5 Å². The number of carbonyl (C=O) groups excluding carboxylic acids is 1. The Morgan fingerprint density at radius 1 is 1.35 bits per heavy atom. The van der Waals surface area contributed by atoms with Crippen LogP contribution < -0.4 is 0 Å². The van der Waals surface area contributed by atoms with Gasteiger partial charge in [0.2, 0.25) is 5.78 Å². The molecule has 0 radical (unpaired) electrons. The molecule has 2 rings (SSSR count). The summed E-state index contributed by atoms with van der Waals surface area (Å²) < 4.78 is 5.78. The van der Waals surface area contributed by atoms with Crippen molar-refractivity contribution in [3.63, 3.8) is 0 Å². The number of rotatable bonds is 4. The van der Waals surface area contributed by atoms with Gasteiger partial charge in [-0.15, -0.1) is 11.8 Å². The summed E-state index contributed by atoms with van der Waals surface area (Å²) >= 11 is 10.7. The van der Waals surface area contributed by atoms with E-state index < -0.39 is 0 Å². The van der Waals surface area contributed by atoms with Gasteiger partial charge in [-0.1, -0.05) is 23.7 Å². The Morgan fingerprint density at radius 2 is 2.12 bits per heavy atom. The van der Waals surface area contributed by atoms with E-state index >= 15 is 0 Å². The van der Waals surface area contributed by atoms with Crippen LogP contribution in [0.3, 0.4) is 0 Å². The highest BCUT2D eigenvalue weighted by molar-refractivity contribution is 9.10. The first-order valence-corrected chi connectivity index (χ1v) is 6.97. The Balaban J connectivity index is 2.02. The lowest BCUT2D eigenvalue weighted by Crippen LogP contribution is -2.01. The van der Waals surface area contributed by atoms with Crippen LogP contribution >= 0.6 is 39.3 Å². The Hall–Kier alpha value is -0.710. The first-order valence-electron chi connectivity index (χ1n) is 4.82. The molecule has 5 heteroatoms. The van der Waals surface area contributed by atoms with Crippen molar-refractivity contribution in [2.75, 3.05) is 5.75 Å². The molecule has 0 aliphatic rings. The van der Waals surface area contributed by atoms with Crippen LogP contribution in [0.15, 0.2) is 50.4 Å². The van der Waals surface area contributed by atoms with Crippen LogP contribution in [0.5, 0.6) is 0 Å². The standard InChI is InChI=1S/C12H8BrClO2S/c13-8-5-6-16-12(8)10(15)7-17-11-4-2-1-3-9(11)14/h1-6H,7H2. The maximum atomic E-state index is 11.8. The SMILES string of the molecule is O=C(CSc1ccccc1Cl)c1occc1Br. The molecule has 0 spiro atoms. The van der Waals surface area contributed by atoms with Gasteiger partial charge in [0.1, 0.15) is 0 Å². The summed E-state index contributed by atoms with van der Waals surface area (Å²) in [5, 5.41) is 0.656. The van der Waals surface area contributed by atoms with E-state index in [0.717, 1.165) is 4.90 Å². The van der Waals surface area contributed by atoms with Gasteiger partial charge in [-0.25, -0.2) is 0 Å². The first kappa shape index (κ1) is 12.7. The number of thioether (sulfide) groups is 1. The number of benzene rings is 1. The summed E-state index contributed by atoms with van der Waals surface area (Å²) in [6.45, 7) is 0. The zero-order valence-corrected chi connectivity index (χ0v) is 11.8. The van der Waals surface area contributed by atoms with Crippen molar-refractivity contribution < 1.29 is 9.21 Å². The second-order valence-electron chi connectivity index (χ2n) is 3.24. The molecule has 0 amide bonds. The maximum absolute atomic E-state index is 11.8. The molecule has 2 nitrogen and oxygen atoms in total. The minimum Gasteiger partial charge on any atom is -0.460 e. The van der Waals surface area contributed by atoms with E-state index in [1.807, 2.05) is 18.2 Å². The molecule has 0 aliphatic carbocycles. The summed E-state index contributed by atoms with van der Waals surface area (Å²) in [5.41, 5.74) is 0. The highest BCUT2D eigenvalue weighted by Crippen LogP contribution is 2.28. The highest BCUT2D eigenvalue weighted by Gasteiger charge is 2.14. The monoisotopic (exact) mass is 330 g/mol. The van der Waals surface area contributed by atoms with E-state index in [1.165, 1.54) is 18.0 Å². The Morgan fingerprint density at radius 3 is 2.76 bits per heavy atom. The van der Waals surface area contributed by atoms with Crippen LogP contribution in [0, 0.1) is 0 Å². The van der Waals surface area contributed by atoms with Crippen LogP contribution in [-0.4, -0.2) is 11.5 Å². The molecule has 88 valence electrons. The van der Waals surface area contributed by atoms with Gasteiger partial charge in [0.15, 0.2) is 5.76 Å². The molecule has 0 unspecified atom stereocenters. The number of hydrogen-bond acceptors (Lipinski definition) is 3. The maximum Gasteiger partial charge on any atom is 0.209 e. The van der Waals surface area contributed by atoms with Gasteiger partial charge in [0, 0.05) is 4.90 Å². The predicted octanol–water partition coefficient (Wildman–Crippen LogP) is 4.67. The third-order valence-corrected chi connectivity index (χ3v) is 4.21. The van der Waals surface area contributed by atoms with Gasteiger partial charge in [-0.05, 0) is 34.1 Å². The molecule has 1 aromatic heterocycles. The second-order valence-corrected chi connectivity index (χ2v) is 5.52. The molecule has 17 heavy (non-hydrogen) atoms. The number of Topliss-reactive ketones (excluding diaryl/α,β-unsaturated/α-hetero) is 1. The molecule has 0 aliphatic heterocycles. The zero-order chi connectivity index (χ0) is 12.3. The predicted molar refractivity (Wildman–Crippen MR) is 72.9 cm³/mol. The molecule has 2 aromatic rings. The fraction of sp³-hybridized carbons (Fsp3) is 0.0833. The molecule has 1 heterocycles. The summed E-state index contributed by atoms with van der Waals surface area (Å²) in [7, 11) is 0. The minimum absolute atomic E-state index is 0.0632. The van der Waals surface area contributed by atoms with E-state index in [4.69, 9.17) is 16.0 Å². The van der Waals surface area contributed by atoms with Crippen molar-refractivity contribution in [3.05, 3.63) is 51.9 Å². The number of carbonyl (C=O) groups is 1. The largest absolute Gasteiger partial charge is 0.460 e. The smallest absolute Gasteiger partial charge is 0.209 e. The van der Waals surface area contributed by atoms with Gasteiger partial charge < -0.3 is 4.42 Å². The van der Waals surface area contributed by atoms with Crippen molar-refractivity contribution >= 4 is 45.1 Å². The molecule has 1 aromatic carbocycles. The number of hydrogen-bond donors (Lipinski definition) is 0. The third-order valence-electron chi connectivity index (χ3n) is 2.07. The number of furan rings is 1. The molecular weight excluding hydrogens is 324 g/mol. The molecule has 0 fully saturated rings. The second kappa shape index (κ2) is 5.76. The van der Waals surface area contributed by atoms with E-state index in [1.54, 1.807) is 12.1 Å². The summed E-state index contributed by atoms with van der Waals surface area (Å²) in [5.74, 6) is 0.590. The summed E-state index contributed by atoms with van der Waals surface area (Å²) in [6.07, 6.45) is 1.48. The van der Waals surface area contributed by atoms with Crippen LogP contribution in [0.2, 0.25) is 5.02 Å². The van der Waals surface area contributed by atoms with Crippen molar-refractivity contribution in [2.45, 2.75) is 4.90 Å². The summed E-state index contributed by atoms with van der Waals surface area (Å²) in [6, 6.07) is 9.14. The van der Waals surface area contributed by atoms with E-state index in [9.17, 15) is 4.79 Å². The third kappa shape index (κ3) is 3.15. The normalized spacial score (nSPS) is 10.5. The fourth-order valence-corrected chi connectivity index (χ4v) is 2.78.